The molecule has 0 saturated heterocycles. The maximum absolute atomic E-state index is 13.1. The minimum absolute atomic E-state index is 0.0846. The largest absolute Gasteiger partial charge is 0.495 e. The number of benzene rings is 2. The average Bonchev–Trinajstić information content (AvgIpc) is 2.70. The molecule has 0 fully saturated rings. The normalized spacial score (nSPS) is 11.9. The standard InChI is InChI=1S/C23H24N2O4/c1-5-19(23(28)24-17-9-6-8-16(13-17)15(3)26)25-21(27)12-14(2)18-10-7-11-20(29-4)22(18)25/h6-13,19H,5H2,1-4H3,(H,24,28). The summed E-state index contributed by atoms with van der Waals surface area (Å²) in [6.07, 6.45) is 0.411. The molecule has 1 heterocycles. The second-order valence-electron chi connectivity index (χ2n) is 6.94. The first-order valence-electron chi connectivity index (χ1n) is 9.48. The van der Waals surface area contributed by atoms with Crippen molar-refractivity contribution >= 4 is 28.3 Å². The van der Waals surface area contributed by atoms with Crippen LogP contribution in [-0.2, 0) is 4.79 Å². The molecule has 6 nitrogen and oxygen atoms in total. The quantitative estimate of drug-likeness (QED) is 0.641. The molecule has 0 bridgehead atoms. The third-order valence-electron chi connectivity index (χ3n) is 5.00. The van der Waals surface area contributed by atoms with Crippen molar-refractivity contribution in [2.24, 2.45) is 0 Å². The first-order valence-corrected chi connectivity index (χ1v) is 9.48. The van der Waals surface area contributed by atoms with Crippen molar-refractivity contribution in [3.05, 3.63) is 70.0 Å². The van der Waals surface area contributed by atoms with Gasteiger partial charge in [-0.25, -0.2) is 0 Å². The molecule has 150 valence electrons. The van der Waals surface area contributed by atoms with E-state index in [9.17, 15) is 14.4 Å². The number of rotatable bonds is 6. The third-order valence-corrected chi connectivity index (χ3v) is 5.00. The zero-order chi connectivity index (χ0) is 21.1. The van der Waals surface area contributed by atoms with Crippen molar-refractivity contribution < 1.29 is 14.3 Å². The van der Waals surface area contributed by atoms with Crippen LogP contribution in [0.15, 0.2) is 53.3 Å². The number of amides is 1. The van der Waals surface area contributed by atoms with Gasteiger partial charge in [0.05, 0.1) is 12.6 Å². The van der Waals surface area contributed by atoms with E-state index in [2.05, 4.69) is 5.32 Å². The number of hydrogen-bond donors (Lipinski definition) is 1. The van der Waals surface area contributed by atoms with Crippen molar-refractivity contribution in [1.82, 2.24) is 4.57 Å². The van der Waals surface area contributed by atoms with Crippen LogP contribution in [-0.4, -0.2) is 23.4 Å². The molecular weight excluding hydrogens is 368 g/mol. The average molecular weight is 392 g/mol. The van der Waals surface area contributed by atoms with Gasteiger partial charge in [-0.05, 0) is 44.0 Å². The van der Waals surface area contributed by atoms with E-state index in [1.807, 2.05) is 26.0 Å². The summed E-state index contributed by atoms with van der Waals surface area (Å²) >= 11 is 0. The van der Waals surface area contributed by atoms with Gasteiger partial charge in [0, 0.05) is 22.7 Å². The lowest BCUT2D eigenvalue weighted by atomic mass is 10.1. The first-order chi connectivity index (χ1) is 13.9. The number of aryl methyl sites for hydroxylation is 1. The molecule has 2 aromatic carbocycles. The highest BCUT2D eigenvalue weighted by Crippen LogP contribution is 2.29. The monoisotopic (exact) mass is 392 g/mol. The van der Waals surface area contributed by atoms with Crippen molar-refractivity contribution in [3.63, 3.8) is 0 Å². The molecule has 6 heteroatoms. The van der Waals surface area contributed by atoms with E-state index in [0.29, 0.717) is 28.9 Å². The maximum atomic E-state index is 13.1. The smallest absolute Gasteiger partial charge is 0.252 e. The van der Waals surface area contributed by atoms with Gasteiger partial charge in [0.25, 0.3) is 5.56 Å². The van der Waals surface area contributed by atoms with E-state index in [-0.39, 0.29) is 17.2 Å². The molecule has 0 spiro atoms. The molecule has 1 atom stereocenters. The number of anilines is 1. The van der Waals surface area contributed by atoms with Crippen molar-refractivity contribution in [3.8, 4) is 5.75 Å². The summed E-state index contributed by atoms with van der Waals surface area (Å²) < 4.78 is 6.98. The Morgan fingerprint density at radius 1 is 1.14 bits per heavy atom. The highest BCUT2D eigenvalue weighted by atomic mass is 16.5. The lowest BCUT2D eigenvalue weighted by Crippen LogP contribution is -2.33. The number of ether oxygens (including phenoxy) is 1. The van der Waals surface area contributed by atoms with Gasteiger partial charge in [-0.3, -0.25) is 19.0 Å². The van der Waals surface area contributed by atoms with Gasteiger partial charge in [0.1, 0.15) is 11.8 Å². The number of fused-ring (bicyclic) bond motifs is 1. The Kier molecular flexibility index (Phi) is 5.82. The summed E-state index contributed by atoms with van der Waals surface area (Å²) in [5, 5.41) is 3.69. The highest BCUT2D eigenvalue weighted by molar-refractivity contribution is 5.99. The molecule has 3 rings (SSSR count). The number of Topliss-reactive ketones (excluding diaryl/α,β-unsaturated/α-hetero) is 1. The molecule has 0 radical (unpaired) electrons. The fraction of sp³-hybridized carbons (Fsp3) is 0.261. The van der Waals surface area contributed by atoms with Gasteiger partial charge in [0.15, 0.2) is 5.78 Å². The van der Waals surface area contributed by atoms with E-state index in [4.69, 9.17) is 4.74 Å². The predicted molar refractivity (Wildman–Crippen MR) is 114 cm³/mol. The van der Waals surface area contributed by atoms with Gasteiger partial charge in [-0.1, -0.05) is 31.2 Å². The summed E-state index contributed by atoms with van der Waals surface area (Å²) in [5.41, 5.74) is 2.18. The van der Waals surface area contributed by atoms with Crippen LogP contribution in [0.1, 0.15) is 42.2 Å². The Bertz CT molecular complexity index is 1150. The van der Waals surface area contributed by atoms with Crippen LogP contribution >= 0.6 is 0 Å². The van der Waals surface area contributed by atoms with Gasteiger partial charge < -0.3 is 10.1 Å². The summed E-state index contributed by atoms with van der Waals surface area (Å²) in [5.74, 6) is 0.123. The van der Waals surface area contributed by atoms with Crippen molar-refractivity contribution in [1.29, 1.82) is 0 Å². The highest BCUT2D eigenvalue weighted by Gasteiger charge is 2.24. The Balaban J connectivity index is 2.10. The maximum Gasteiger partial charge on any atom is 0.252 e. The number of aromatic nitrogens is 1. The van der Waals surface area contributed by atoms with Crippen molar-refractivity contribution in [2.45, 2.75) is 33.2 Å². The van der Waals surface area contributed by atoms with Crippen LogP contribution in [0.5, 0.6) is 5.75 Å². The van der Waals surface area contributed by atoms with E-state index in [1.165, 1.54) is 17.6 Å². The molecule has 0 aliphatic rings. The fourth-order valence-electron chi connectivity index (χ4n) is 3.53. The summed E-state index contributed by atoms with van der Waals surface area (Å²) in [7, 11) is 1.54. The Labute approximate surface area is 169 Å². The molecule has 3 aromatic rings. The van der Waals surface area contributed by atoms with Crippen LogP contribution in [0, 0.1) is 6.92 Å². The van der Waals surface area contributed by atoms with Gasteiger partial charge in [0.2, 0.25) is 5.91 Å². The summed E-state index contributed by atoms with van der Waals surface area (Å²) in [6, 6.07) is 13.1. The Morgan fingerprint density at radius 3 is 2.52 bits per heavy atom. The van der Waals surface area contributed by atoms with Gasteiger partial charge in [-0.2, -0.15) is 0 Å². The Morgan fingerprint density at radius 2 is 1.86 bits per heavy atom. The van der Waals surface area contributed by atoms with E-state index in [1.54, 1.807) is 37.4 Å². The van der Waals surface area contributed by atoms with Crippen LogP contribution in [0.4, 0.5) is 5.69 Å². The molecule has 0 saturated carbocycles. The van der Waals surface area contributed by atoms with Crippen molar-refractivity contribution in [2.75, 3.05) is 12.4 Å². The SMILES string of the molecule is CCC(C(=O)Nc1cccc(C(C)=O)c1)n1c(=O)cc(C)c2cccc(OC)c21. The van der Waals surface area contributed by atoms with Crippen LogP contribution in [0.25, 0.3) is 10.9 Å². The summed E-state index contributed by atoms with van der Waals surface area (Å²) in [4.78, 5) is 37.6. The second-order valence-corrected chi connectivity index (χ2v) is 6.94. The zero-order valence-electron chi connectivity index (χ0n) is 17.0. The Hall–Kier alpha value is -3.41. The minimum atomic E-state index is -0.733. The number of carbonyl (C=O) groups excluding carboxylic acids is 2. The lowest BCUT2D eigenvalue weighted by molar-refractivity contribution is -0.119. The number of ketones is 1. The number of nitrogens with one attached hydrogen (secondary N) is 1. The molecule has 0 aliphatic carbocycles. The molecular formula is C23H24N2O4. The number of carbonyl (C=O) groups is 2. The van der Waals surface area contributed by atoms with Crippen LogP contribution < -0.4 is 15.6 Å². The van der Waals surface area contributed by atoms with E-state index >= 15 is 0 Å². The van der Waals surface area contributed by atoms with Gasteiger partial charge >= 0.3 is 0 Å². The summed E-state index contributed by atoms with van der Waals surface area (Å²) in [6.45, 7) is 5.19. The first kappa shape index (κ1) is 20.3. The number of methoxy groups -OCH3 is 1. The number of para-hydroxylation sites is 1. The zero-order valence-corrected chi connectivity index (χ0v) is 17.0. The number of nitrogens with zero attached hydrogens (tertiary/aromatic N) is 1. The number of hydrogen-bond acceptors (Lipinski definition) is 4. The van der Waals surface area contributed by atoms with Crippen LogP contribution in [0.2, 0.25) is 0 Å². The molecule has 1 unspecified atom stereocenters. The third kappa shape index (κ3) is 3.92. The molecule has 1 amide bonds. The predicted octanol–water partition coefficient (Wildman–Crippen LogP) is 4.11. The topological polar surface area (TPSA) is 77.4 Å². The van der Waals surface area contributed by atoms with E-state index in [0.717, 1.165) is 10.9 Å². The lowest BCUT2D eigenvalue weighted by Gasteiger charge is -2.22. The molecule has 0 aliphatic heterocycles. The second kappa shape index (κ2) is 8.31. The van der Waals surface area contributed by atoms with Crippen LogP contribution in [0.3, 0.4) is 0 Å². The minimum Gasteiger partial charge on any atom is -0.495 e. The van der Waals surface area contributed by atoms with Gasteiger partial charge in [-0.15, -0.1) is 0 Å². The molecule has 29 heavy (non-hydrogen) atoms. The molecule has 1 aromatic heterocycles. The fourth-order valence-corrected chi connectivity index (χ4v) is 3.53. The number of pyridine rings is 1. The van der Waals surface area contributed by atoms with E-state index < -0.39 is 6.04 Å². The molecule has 1 N–H and O–H groups in total.